The number of halogens is 1. The Morgan fingerprint density at radius 2 is 1.82 bits per heavy atom. The van der Waals surface area contributed by atoms with Gasteiger partial charge in [-0.1, -0.05) is 18.2 Å². The number of phenols is 1. The molecule has 0 aliphatic carbocycles. The van der Waals surface area contributed by atoms with E-state index in [-0.39, 0.29) is 17.7 Å². The Hall–Kier alpha value is -4.12. The summed E-state index contributed by atoms with van der Waals surface area (Å²) in [5, 5.41) is 21.5. The molecule has 1 aliphatic rings. The third-order valence-electron chi connectivity index (χ3n) is 5.77. The van der Waals surface area contributed by atoms with E-state index in [4.69, 9.17) is 0 Å². The number of aromatic nitrogens is 2. The highest BCUT2D eigenvalue weighted by Gasteiger charge is 2.17. The molecule has 5 N–H and O–H groups in total. The maximum absolute atomic E-state index is 12.4. The minimum absolute atomic E-state index is 0.0874. The smallest absolute Gasteiger partial charge is 0.321 e. The quantitative estimate of drug-likeness (QED) is 0.169. The second kappa shape index (κ2) is 13.4. The Balaban J connectivity index is 1.23. The van der Waals surface area contributed by atoms with Crippen LogP contribution >= 0.6 is 15.9 Å². The van der Waals surface area contributed by atoms with Crippen molar-refractivity contribution in [2.45, 2.75) is 19.3 Å². The molecule has 38 heavy (non-hydrogen) atoms. The molecule has 10 nitrogen and oxygen atoms in total. The zero-order valence-corrected chi connectivity index (χ0v) is 22.4. The van der Waals surface area contributed by atoms with Crippen LogP contribution in [-0.4, -0.2) is 58.1 Å². The molecule has 3 aromatic rings. The highest BCUT2D eigenvalue weighted by molar-refractivity contribution is 9.10. The number of amides is 3. The summed E-state index contributed by atoms with van der Waals surface area (Å²) < 4.78 is 0.718. The first-order valence-corrected chi connectivity index (χ1v) is 13.2. The first-order chi connectivity index (χ1) is 18.5. The lowest BCUT2D eigenvalue weighted by Crippen LogP contribution is -2.32. The summed E-state index contributed by atoms with van der Waals surface area (Å²) in [5.41, 5.74) is 2.28. The second-order valence-electron chi connectivity index (χ2n) is 8.72. The number of nitrogens with zero attached hydrogens (tertiary/aromatic N) is 3. The summed E-state index contributed by atoms with van der Waals surface area (Å²) in [6.07, 6.45) is 7.59. The van der Waals surface area contributed by atoms with Gasteiger partial charge in [0.05, 0.1) is 4.47 Å². The molecule has 1 saturated heterocycles. The van der Waals surface area contributed by atoms with Gasteiger partial charge in [-0.25, -0.2) is 9.78 Å². The van der Waals surface area contributed by atoms with Gasteiger partial charge in [0.15, 0.2) is 0 Å². The standard InChI is InChI=1S/C27H30BrN7O3/c28-23-18-31-26(32-20-5-3-6-21(17-20)33-27(38)35-15-1-2-16-35)34-25(23)30-14-4-13-29-24(37)12-9-19-7-10-22(36)11-8-19/h3,5-12,17-18,36H,1-2,4,13-16H2,(H,29,37)(H,33,38)(H2,30,31,32,34)/b12-9+. The Bertz CT molecular complexity index is 1280. The Labute approximate surface area is 229 Å². The van der Waals surface area contributed by atoms with Crippen LogP contribution in [-0.2, 0) is 4.79 Å². The van der Waals surface area contributed by atoms with Crippen molar-refractivity contribution in [1.82, 2.24) is 20.2 Å². The van der Waals surface area contributed by atoms with Crippen LogP contribution in [0.25, 0.3) is 6.08 Å². The van der Waals surface area contributed by atoms with Crippen molar-refractivity contribution in [3.63, 3.8) is 0 Å². The number of aromatic hydroxyl groups is 1. The molecule has 0 bridgehead atoms. The topological polar surface area (TPSA) is 132 Å². The lowest BCUT2D eigenvalue weighted by atomic mass is 10.2. The van der Waals surface area contributed by atoms with Crippen LogP contribution in [0.4, 0.5) is 27.9 Å². The summed E-state index contributed by atoms with van der Waals surface area (Å²) >= 11 is 3.46. The minimum Gasteiger partial charge on any atom is -0.508 e. The predicted octanol–water partition coefficient (Wildman–Crippen LogP) is 4.95. The first-order valence-electron chi connectivity index (χ1n) is 12.4. The lowest BCUT2D eigenvalue weighted by Gasteiger charge is -2.16. The van der Waals surface area contributed by atoms with Gasteiger partial charge >= 0.3 is 6.03 Å². The number of rotatable bonds is 10. The van der Waals surface area contributed by atoms with E-state index in [9.17, 15) is 14.7 Å². The molecular formula is C27H30BrN7O3. The van der Waals surface area contributed by atoms with Crippen molar-refractivity contribution in [1.29, 1.82) is 0 Å². The number of phenolic OH excluding ortho intramolecular Hbond substituents is 1. The second-order valence-corrected chi connectivity index (χ2v) is 9.57. The van der Waals surface area contributed by atoms with E-state index in [2.05, 4.69) is 47.2 Å². The molecule has 3 amide bonds. The third kappa shape index (κ3) is 8.20. The molecule has 0 unspecified atom stereocenters. The van der Waals surface area contributed by atoms with E-state index in [0.717, 1.165) is 41.7 Å². The number of urea groups is 1. The van der Waals surface area contributed by atoms with Crippen LogP contribution in [0.2, 0.25) is 0 Å². The van der Waals surface area contributed by atoms with Gasteiger partial charge in [0, 0.05) is 49.8 Å². The van der Waals surface area contributed by atoms with Gasteiger partial charge in [-0.3, -0.25) is 4.79 Å². The van der Waals surface area contributed by atoms with E-state index in [1.165, 1.54) is 6.08 Å². The summed E-state index contributed by atoms with van der Waals surface area (Å²) in [4.78, 5) is 35.1. The maximum atomic E-state index is 12.4. The van der Waals surface area contributed by atoms with Crippen molar-refractivity contribution >= 4 is 57.1 Å². The molecule has 1 aromatic heterocycles. The summed E-state index contributed by atoms with van der Waals surface area (Å²) in [7, 11) is 0. The molecule has 4 rings (SSSR count). The highest BCUT2D eigenvalue weighted by atomic mass is 79.9. The van der Waals surface area contributed by atoms with Gasteiger partial charge in [0.1, 0.15) is 11.6 Å². The van der Waals surface area contributed by atoms with Crippen molar-refractivity contribution in [3.05, 3.63) is 70.8 Å². The Morgan fingerprint density at radius 3 is 2.61 bits per heavy atom. The van der Waals surface area contributed by atoms with E-state index in [1.54, 1.807) is 36.5 Å². The third-order valence-corrected chi connectivity index (χ3v) is 6.35. The molecule has 0 spiro atoms. The minimum atomic E-state index is -0.188. The fourth-order valence-corrected chi connectivity index (χ4v) is 4.13. The number of benzene rings is 2. The molecule has 0 saturated carbocycles. The summed E-state index contributed by atoms with van der Waals surface area (Å²) in [6.45, 7) is 2.66. The zero-order valence-electron chi connectivity index (χ0n) is 20.8. The number of carbonyl (C=O) groups is 2. The van der Waals surface area contributed by atoms with E-state index in [1.807, 2.05) is 29.2 Å². The SMILES string of the molecule is O=C(/C=C/c1ccc(O)cc1)NCCCNc1nc(Nc2cccc(NC(=O)N3CCCC3)c2)ncc1Br. The van der Waals surface area contributed by atoms with Crippen LogP contribution in [0.5, 0.6) is 5.75 Å². The molecule has 0 atom stereocenters. The molecular weight excluding hydrogens is 550 g/mol. The lowest BCUT2D eigenvalue weighted by molar-refractivity contribution is -0.116. The number of hydrogen-bond acceptors (Lipinski definition) is 7. The first kappa shape index (κ1) is 26.9. The van der Waals surface area contributed by atoms with Gasteiger partial charge in [0.2, 0.25) is 11.9 Å². The van der Waals surface area contributed by atoms with Gasteiger partial charge < -0.3 is 31.3 Å². The van der Waals surface area contributed by atoms with E-state index >= 15 is 0 Å². The van der Waals surface area contributed by atoms with Gasteiger partial charge in [-0.2, -0.15) is 4.98 Å². The normalized spacial score (nSPS) is 12.9. The molecule has 1 fully saturated rings. The fourth-order valence-electron chi connectivity index (χ4n) is 3.80. The van der Waals surface area contributed by atoms with Gasteiger partial charge in [-0.15, -0.1) is 0 Å². The van der Waals surface area contributed by atoms with Crippen LogP contribution in [0.15, 0.2) is 65.3 Å². The molecule has 2 heterocycles. The van der Waals surface area contributed by atoms with Crippen molar-refractivity contribution in [2.75, 3.05) is 42.1 Å². The monoisotopic (exact) mass is 579 g/mol. The van der Waals surface area contributed by atoms with Crippen molar-refractivity contribution < 1.29 is 14.7 Å². The van der Waals surface area contributed by atoms with E-state index < -0.39 is 0 Å². The number of nitrogens with one attached hydrogen (secondary N) is 4. The van der Waals surface area contributed by atoms with E-state index in [0.29, 0.717) is 37.0 Å². The number of carbonyl (C=O) groups excluding carboxylic acids is 2. The molecule has 0 radical (unpaired) electrons. The highest BCUT2D eigenvalue weighted by Crippen LogP contribution is 2.23. The molecule has 198 valence electrons. The average molecular weight is 580 g/mol. The Morgan fingerprint density at radius 1 is 1.05 bits per heavy atom. The average Bonchev–Trinajstić information content (AvgIpc) is 3.46. The van der Waals surface area contributed by atoms with Gasteiger partial charge in [0.25, 0.3) is 0 Å². The van der Waals surface area contributed by atoms with Crippen LogP contribution in [0, 0.1) is 0 Å². The molecule has 1 aliphatic heterocycles. The van der Waals surface area contributed by atoms with Gasteiger partial charge in [-0.05, 0) is 77.2 Å². The fraction of sp³-hybridized carbons (Fsp3) is 0.259. The molecule has 2 aromatic carbocycles. The predicted molar refractivity (Wildman–Crippen MR) is 153 cm³/mol. The zero-order chi connectivity index (χ0) is 26.7. The number of anilines is 4. The Kier molecular flexibility index (Phi) is 9.52. The maximum Gasteiger partial charge on any atom is 0.321 e. The van der Waals surface area contributed by atoms with Crippen LogP contribution in [0.1, 0.15) is 24.8 Å². The summed E-state index contributed by atoms with van der Waals surface area (Å²) in [5.74, 6) is 1.03. The number of likely N-dealkylation sites (tertiary alicyclic amines) is 1. The largest absolute Gasteiger partial charge is 0.508 e. The molecule has 11 heteroatoms. The van der Waals surface area contributed by atoms with Crippen LogP contribution < -0.4 is 21.3 Å². The van der Waals surface area contributed by atoms with Crippen LogP contribution in [0.3, 0.4) is 0 Å². The summed E-state index contributed by atoms with van der Waals surface area (Å²) in [6, 6.07) is 13.9. The van der Waals surface area contributed by atoms with Crippen molar-refractivity contribution in [3.8, 4) is 5.75 Å². The number of hydrogen-bond donors (Lipinski definition) is 5. The van der Waals surface area contributed by atoms with Crippen molar-refractivity contribution in [2.24, 2.45) is 0 Å².